The molecule has 0 saturated heterocycles. The lowest BCUT2D eigenvalue weighted by Gasteiger charge is -2.25. The van der Waals surface area contributed by atoms with Crippen molar-refractivity contribution in [3.05, 3.63) is 38.7 Å². The van der Waals surface area contributed by atoms with Crippen molar-refractivity contribution in [2.75, 3.05) is 0 Å². The highest BCUT2D eigenvalue weighted by molar-refractivity contribution is 6.31. The number of nitrogens with zero attached hydrogens (tertiary/aromatic N) is 1. The van der Waals surface area contributed by atoms with Gasteiger partial charge >= 0.3 is 0 Å². The average molecular weight is 275 g/mol. The highest BCUT2D eigenvalue weighted by Crippen LogP contribution is 2.36. The summed E-state index contributed by atoms with van der Waals surface area (Å²) in [5.74, 6) is -0.898. The second-order valence-corrected chi connectivity index (χ2v) is 5.12. The summed E-state index contributed by atoms with van der Waals surface area (Å²) in [6.45, 7) is 5.54. The second kappa shape index (κ2) is 5.63. The van der Waals surface area contributed by atoms with E-state index in [1.165, 1.54) is 0 Å². The maximum absolute atomic E-state index is 13.5. The minimum atomic E-state index is -0.663. The molecule has 6 heteroatoms. The second-order valence-electron chi connectivity index (χ2n) is 4.71. The Kier molecular flexibility index (Phi) is 4.65. The van der Waals surface area contributed by atoms with Crippen LogP contribution in [0.25, 0.3) is 0 Å². The first-order chi connectivity index (χ1) is 8.25. The van der Waals surface area contributed by atoms with Gasteiger partial charge in [0, 0.05) is 23.6 Å². The van der Waals surface area contributed by atoms with Crippen LogP contribution >= 0.6 is 11.6 Å². The van der Waals surface area contributed by atoms with Crippen molar-refractivity contribution in [3.8, 4) is 0 Å². The molecule has 0 radical (unpaired) electrons. The molecule has 1 aromatic carbocycles. The van der Waals surface area contributed by atoms with Crippen LogP contribution in [0, 0.1) is 21.8 Å². The van der Waals surface area contributed by atoms with Crippen molar-refractivity contribution in [1.82, 2.24) is 0 Å². The Hall–Kier alpha value is -1.20. The van der Waals surface area contributed by atoms with Gasteiger partial charge in [-0.25, -0.2) is 4.39 Å². The summed E-state index contributed by atoms with van der Waals surface area (Å²) < 4.78 is 13.5. The van der Waals surface area contributed by atoms with Crippen LogP contribution in [-0.4, -0.2) is 11.0 Å². The highest BCUT2D eigenvalue weighted by atomic mass is 35.5. The minimum absolute atomic E-state index is 0.0595. The number of hydrogen-bond acceptors (Lipinski definition) is 3. The van der Waals surface area contributed by atoms with Crippen LogP contribution in [0.3, 0.4) is 0 Å². The maximum Gasteiger partial charge on any atom is 0.274 e. The molecule has 2 N–H and O–H groups in total. The fraction of sp³-hybridized carbons (Fsp3) is 0.500. The molecule has 0 aliphatic rings. The van der Waals surface area contributed by atoms with Crippen LogP contribution < -0.4 is 5.73 Å². The van der Waals surface area contributed by atoms with Crippen molar-refractivity contribution in [2.24, 2.45) is 11.7 Å². The number of benzene rings is 1. The molecular formula is C12H16ClFN2O2. The molecule has 0 amide bonds. The van der Waals surface area contributed by atoms with Gasteiger partial charge in [0.05, 0.1) is 9.95 Å². The Labute approximate surface area is 110 Å². The fourth-order valence-corrected chi connectivity index (χ4v) is 2.38. The predicted molar refractivity (Wildman–Crippen MR) is 69.3 cm³/mol. The van der Waals surface area contributed by atoms with Crippen LogP contribution in [0.15, 0.2) is 12.1 Å². The van der Waals surface area contributed by atoms with E-state index in [1.54, 1.807) is 6.92 Å². The molecule has 0 aromatic heterocycles. The lowest BCUT2D eigenvalue weighted by Crippen LogP contribution is -2.29. The topological polar surface area (TPSA) is 69.2 Å². The van der Waals surface area contributed by atoms with Gasteiger partial charge in [-0.05, 0) is 18.9 Å². The van der Waals surface area contributed by atoms with E-state index < -0.39 is 10.7 Å². The van der Waals surface area contributed by atoms with E-state index >= 15 is 0 Å². The van der Waals surface area contributed by atoms with Gasteiger partial charge in [0.2, 0.25) is 0 Å². The number of nitro benzene ring substituents is 1. The molecule has 0 saturated carbocycles. The van der Waals surface area contributed by atoms with Crippen LogP contribution in [0.4, 0.5) is 10.1 Å². The molecule has 18 heavy (non-hydrogen) atoms. The molecule has 0 fully saturated rings. The molecule has 1 aromatic rings. The molecule has 0 heterocycles. The van der Waals surface area contributed by atoms with Crippen molar-refractivity contribution >= 4 is 17.3 Å². The summed E-state index contributed by atoms with van der Waals surface area (Å²) in [6, 6.07) is 1.85. The van der Waals surface area contributed by atoms with Gasteiger partial charge in [-0.15, -0.1) is 0 Å². The third kappa shape index (κ3) is 2.97. The first-order valence-electron chi connectivity index (χ1n) is 5.64. The number of halogens is 2. The van der Waals surface area contributed by atoms with Crippen LogP contribution in [0.1, 0.15) is 32.3 Å². The first-order valence-corrected chi connectivity index (χ1v) is 6.02. The average Bonchev–Trinajstić information content (AvgIpc) is 2.21. The molecule has 4 nitrogen and oxygen atoms in total. The zero-order valence-corrected chi connectivity index (χ0v) is 11.2. The maximum atomic E-state index is 13.5. The van der Waals surface area contributed by atoms with Gasteiger partial charge in [0.1, 0.15) is 5.82 Å². The molecule has 100 valence electrons. The van der Waals surface area contributed by atoms with Crippen LogP contribution in [0.2, 0.25) is 5.02 Å². The molecule has 0 aliphatic carbocycles. The van der Waals surface area contributed by atoms with Gasteiger partial charge in [-0.3, -0.25) is 10.1 Å². The van der Waals surface area contributed by atoms with E-state index in [-0.39, 0.29) is 28.6 Å². The molecule has 0 bridgehead atoms. The molecule has 1 rings (SSSR count). The van der Waals surface area contributed by atoms with E-state index in [9.17, 15) is 14.5 Å². The third-order valence-corrected chi connectivity index (χ3v) is 3.20. The third-order valence-electron chi connectivity index (χ3n) is 2.91. The largest absolute Gasteiger partial charge is 0.327 e. The summed E-state index contributed by atoms with van der Waals surface area (Å²) in [5, 5.41) is 10.8. The van der Waals surface area contributed by atoms with E-state index in [4.69, 9.17) is 17.3 Å². The number of nitro groups is 1. The standard InChI is InChI=1S/C12H16ClFN2O2/c1-6(2)12(7(3)15)8-4-10(14)9(13)5-11(8)16(17)18/h4-7,12H,15H2,1-3H3. The lowest BCUT2D eigenvalue weighted by molar-refractivity contribution is -0.385. The quantitative estimate of drug-likeness (QED) is 0.675. The Morgan fingerprint density at radius 1 is 1.39 bits per heavy atom. The molecular weight excluding hydrogens is 259 g/mol. The number of nitrogens with two attached hydrogens (primary N) is 1. The SMILES string of the molecule is CC(C)C(c1cc(F)c(Cl)cc1[N+](=O)[O-])C(C)N. The summed E-state index contributed by atoms with van der Waals surface area (Å²) in [4.78, 5) is 10.5. The molecule has 0 spiro atoms. The van der Waals surface area contributed by atoms with E-state index in [0.717, 1.165) is 12.1 Å². The molecule has 2 unspecified atom stereocenters. The van der Waals surface area contributed by atoms with Gasteiger partial charge in [-0.1, -0.05) is 25.4 Å². The summed E-state index contributed by atoms with van der Waals surface area (Å²) in [5.41, 5.74) is 5.96. The smallest absolute Gasteiger partial charge is 0.274 e. The Morgan fingerprint density at radius 3 is 2.33 bits per heavy atom. The Morgan fingerprint density at radius 2 is 1.94 bits per heavy atom. The van der Waals surface area contributed by atoms with E-state index in [2.05, 4.69) is 0 Å². The monoisotopic (exact) mass is 274 g/mol. The predicted octanol–water partition coefficient (Wildman–Crippen LogP) is 3.47. The fourth-order valence-electron chi connectivity index (χ4n) is 2.23. The zero-order valence-electron chi connectivity index (χ0n) is 10.5. The Bertz CT molecular complexity index is 456. The lowest BCUT2D eigenvalue weighted by atomic mass is 9.82. The zero-order chi connectivity index (χ0) is 14.0. The van der Waals surface area contributed by atoms with Gasteiger partial charge in [0.15, 0.2) is 0 Å². The number of rotatable bonds is 4. The normalized spacial score (nSPS) is 14.6. The Balaban J connectivity index is 3.45. The van der Waals surface area contributed by atoms with Gasteiger partial charge in [0.25, 0.3) is 5.69 Å². The van der Waals surface area contributed by atoms with E-state index in [1.807, 2.05) is 13.8 Å². The van der Waals surface area contributed by atoms with Crippen molar-refractivity contribution in [2.45, 2.75) is 32.7 Å². The summed E-state index contributed by atoms with van der Waals surface area (Å²) in [6.07, 6.45) is 0. The molecule has 0 aliphatic heterocycles. The van der Waals surface area contributed by atoms with Gasteiger partial charge in [-0.2, -0.15) is 0 Å². The summed E-state index contributed by atoms with van der Waals surface area (Å²) >= 11 is 5.58. The van der Waals surface area contributed by atoms with Gasteiger partial charge < -0.3 is 5.73 Å². The van der Waals surface area contributed by atoms with Crippen molar-refractivity contribution in [1.29, 1.82) is 0 Å². The highest BCUT2D eigenvalue weighted by Gasteiger charge is 2.29. The van der Waals surface area contributed by atoms with E-state index in [0.29, 0.717) is 5.56 Å². The molecule has 2 atom stereocenters. The number of hydrogen-bond donors (Lipinski definition) is 1. The summed E-state index contributed by atoms with van der Waals surface area (Å²) in [7, 11) is 0. The first kappa shape index (κ1) is 14.9. The van der Waals surface area contributed by atoms with Crippen molar-refractivity contribution < 1.29 is 9.31 Å². The minimum Gasteiger partial charge on any atom is -0.327 e. The van der Waals surface area contributed by atoms with Crippen molar-refractivity contribution in [3.63, 3.8) is 0 Å². The van der Waals surface area contributed by atoms with Crippen LogP contribution in [-0.2, 0) is 0 Å². The van der Waals surface area contributed by atoms with Crippen LogP contribution in [0.5, 0.6) is 0 Å².